The molecule has 0 heterocycles. The van der Waals surface area contributed by atoms with E-state index in [4.69, 9.17) is 16.1 Å². The van der Waals surface area contributed by atoms with Gasteiger partial charge in [-0.3, -0.25) is 0 Å². The van der Waals surface area contributed by atoms with Crippen LogP contribution in [0.15, 0.2) is 16.6 Å². The first-order chi connectivity index (χ1) is 7.10. The van der Waals surface area contributed by atoms with Gasteiger partial charge in [0.25, 0.3) is 0 Å². The summed E-state index contributed by atoms with van der Waals surface area (Å²) in [5.41, 5.74) is 6.64. The maximum Gasteiger partial charge on any atom is 0.134 e. The molecule has 1 aromatic rings. The number of phenols is 1. The van der Waals surface area contributed by atoms with Crippen molar-refractivity contribution in [3.8, 4) is 11.8 Å². The van der Waals surface area contributed by atoms with E-state index in [-0.39, 0.29) is 12.4 Å². The molecule has 0 aliphatic heterocycles. The quantitative estimate of drug-likeness (QED) is 0.775. The first-order valence-electron chi connectivity index (χ1n) is 4.39. The van der Waals surface area contributed by atoms with Crippen molar-refractivity contribution >= 4 is 15.9 Å². The maximum atomic E-state index is 9.70. The average Bonchev–Trinajstić information content (AvgIpc) is 2.22. The first kappa shape index (κ1) is 12.0. The second-order valence-electron chi connectivity index (χ2n) is 3.13. The second-order valence-corrected chi connectivity index (χ2v) is 3.98. The zero-order valence-electron chi connectivity index (χ0n) is 7.94. The molecular formula is C10H11BrN2O2. The summed E-state index contributed by atoms with van der Waals surface area (Å²) in [5.74, 6) is 0.0231. The number of rotatable bonds is 3. The number of nitrogens with zero attached hydrogens (tertiary/aromatic N) is 1. The lowest BCUT2D eigenvalue weighted by Crippen LogP contribution is -2.12. The lowest BCUT2D eigenvalue weighted by atomic mass is 10.0. The van der Waals surface area contributed by atoms with Crippen molar-refractivity contribution in [3.05, 3.63) is 27.7 Å². The van der Waals surface area contributed by atoms with E-state index in [9.17, 15) is 5.11 Å². The van der Waals surface area contributed by atoms with Crippen LogP contribution < -0.4 is 5.73 Å². The van der Waals surface area contributed by atoms with Gasteiger partial charge in [0.15, 0.2) is 0 Å². The van der Waals surface area contributed by atoms with E-state index in [1.54, 1.807) is 0 Å². The third-order valence-corrected chi connectivity index (χ3v) is 2.67. The van der Waals surface area contributed by atoms with E-state index in [1.807, 2.05) is 6.07 Å². The molecule has 4 N–H and O–H groups in total. The molecule has 4 nitrogen and oxygen atoms in total. The zero-order valence-corrected chi connectivity index (χ0v) is 9.53. The van der Waals surface area contributed by atoms with Crippen LogP contribution in [0.4, 0.5) is 0 Å². The Bertz CT molecular complexity index is 401. The van der Waals surface area contributed by atoms with E-state index in [0.29, 0.717) is 22.0 Å². The summed E-state index contributed by atoms with van der Waals surface area (Å²) in [6, 6.07) is 4.55. The minimum atomic E-state index is -0.473. The van der Waals surface area contributed by atoms with Crippen LogP contribution in [0.25, 0.3) is 0 Å². The van der Waals surface area contributed by atoms with Crippen LogP contribution in [-0.4, -0.2) is 16.8 Å². The number of aliphatic hydroxyl groups excluding tert-OH is 1. The van der Waals surface area contributed by atoms with Gasteiger partial charge < -0.3 is 15.9 Å². The van der Waals surface area contributed by atoms with Crippen molar-refractivity contribution in [2.24, 2.45) is 5.73 Å². The number of hydrogen-bond acceptors (Lipinski definition) is 4. The SMILES string of the molecule is N#Cc1cc(Br)c(O)c([C@H](N)CCO)c1. The predicted molar refractivity (Wildman–Crippen MR) is 59.2 cm³/mol. The van der Waals surface area contributed by atoms with Gasteiger partial charge in [0.1, 0.15) is 5.75 Å². The van der Waals surface area contributed by atoms with Gasteiger partial charge in [0.2, 0.25) is 0 Å². The lowest BCUT2D eigenvalue weighted by molar-refractivity contribution is 0.275. The zero-order chi connectivity index (χ0) is 11.4. The highest BCUT2D eigenvalue weighted by molar-refractivity contribution is 9.10. The number of halogens is 1. The monoisotopic (exact) mass is 270 g/mol. The number of aromatic hydroxyl groups is 1. The molecule has 1 rings (SSSR count). The van der Waals surface area contributed by atoms with Gasteiger partial charge in [-0.15, -0.1) is 0 Å². The summed E-state index contributed by atoms with van der Waals surface area (Å²) in [4.78, 5) is 0. The normalized spacial score (nSPS) is 12.1. The fraction of sp³-hybridized carbons (Fsp3) is 0.300. The number of benzene rings is 1. The summed E-state index contributed by atoms with van der Waals surface area (Å²) >= 11 is 3.14. The number of hydrogen-bond donors (Lipinski definition) is 3. The molecule has 0 saturated heterocycles. The van der Waals surface area contributed by atoms with Crippen molar-refractivity contribution in [1.82, 2.24) is 0 Å². The Kier molecular flexibility index (Phi) is 4.09. The molecule has 0 unspecified atom stereocenters. The molecule has 0 radical (unpaired) electrons. The smallest absolute Gasteiger partial charge is 0.134 e. The Morgan fingerprint density at radius 3 is 2.73 bits per heavy atom. The maximum absolute atomic E-state index is 9.70. The number of phenolic OH excluding ortho intramolecular Hbond substituents is 1. The van der Waals surface area contributed by atoms with Crippen molar-refractivity contribution in [2.75, 3.05) is 6.61 Å². The van der Waals surface area contributed by atoms with Gasteiger partial charge in [-0.1, -0.05) is 0 Å². The molecule has 0 fully saturated rings. The Hall–Kier alpha value is -1.09. The minimum absolute atomic E-state index is 0.0231. The lowest BCUT2D eigenvalue weighted by Gasteiger charge is -2.13. The summed E-state index contributed by atoms with van der Waals surface area (Å²) < 4.78 is 0.435. The molecule has 1 atom stereocenters. The van der Waals surface area contributed by atoms with Gasteiger partial charge >= 0.3 is 0 Å². The fourth-order valence-corrected chi connectivity index (χ4v) is 1.74. The molecule has 15 heavy (non-hydrogen) atoms. The van der Waals surface area contributed by atoms with Crippen LogP contribution in [0.2, 0.25) is 0 Å². The van der Waals surface area contributed by atoms with E-state index in [2.05, 4.69) is 15.9 Å². The third-order valence-electron chi connectivity index (χ3n) is 2.06. The Morgan fingerprint density at radius 2 is 2.20 bits per heavy atom. The number of nitrogens with two attached hydrogens (primary N) is 1. The number of nitriles is 1. The molecular weight excluding hydrogens is 260 g/mol. The molecule has 0 spiro atoms. The van der Waals surface area contributed by atoms with Crippen molar-refractivity contribution < 1.29 is 10.2 Å². The van der Waals surface area contributed by atoms with Crippen LogP contribution in [0.3, 0.4) is 0 Å². The Labute approximate surface area is 96.1 Å². The highest BCUT2D eigenvalue weighted by atomic mass is 79.9. The van der Waals surface area contributed by atoms with Gasteiger partial charge in [-0.05, 0) is 34.5 Å². The van der Waals surface area contributed by atoms with Crippen molar-refractivity contribution in [1.29, 1.82) is 5.26 Å². The van der Waals surface area contributed by atoms with Crippen LogP contribution in [-0.2, 0) is 0 Å². The minimum Gasteiger partial charge on any atom is -0.506 e. The van der Waals surface area contributed by atoms with Crippen molar-refractivity contribution in [3.63, 3.8) is 0 Å². The molecule has 1 aromatic carbocycles. The van der Waals surface area contributed by atoms with E-state index in [1.165, 1.54) is 12.1 Å². The molecule has 0 saturated carbocycles. The Balaban J connectivity index is 3.16. The fourth-order valence-electron chi connectivity index (χ4n) is 1.26. The van der Waals surface area contributed by atoms with E-state index in [0.717, 1.165) is 0 Å². The molecule has 5 heteroatoms. The highest BCUT2D eigenvalue weighted by Gasteiger charge is 2.14. The molecule has 0 amide bonds. The van der Waals surface area contributed by atoms with Gasteiger partial charge in [-0.2, -0.15) is 5.26 Å². The highest BCUT2D eigenvalue weighted by Crippen LogP contribution is 2.33. The molecule has 0 aliphatic carbocycles. The molecule has 80 valence electrons. The largest absolute Gasteiger partial charge is 0.506 e. The standard InChI is InChI=1S/C10H11BrN2O2/c11-8-4-6(5-12)3-7(10(8)15)9(13)1-2-14/h3-4,9,14-15H,1-2,13H2/t9-/m1/s1. The topological polar surface area (TPSA) is 90.3 Å². The van der Waals surface area contributed by atoms with E-state index < -0.39 is 6.04 Å². The molecule has 0 aromatic heterocycles. The van der Waals surface area contributed by atoms with Gasteiger partial charge in [-0.25, -0.2) is 0 Å². The second kappa shape index (κ2) is 5.12. The molecule has 0 aliphatic rings. The first-order valence-corrected chi connectivity index (χ1v) is 5.18. The van der Waals surface area contributed by atoms with Crippen LogP contribution in [0, 0.1) is 11.3 Å². The summed E-state index contributed by atoms with van der Waals surface area (Å²) in [6.07, 6.45) is 0.342. The Morgan fingerprint density at radius 1 is 1.53 bits per heavy atom. The summed E-state index contributed by atoms with van der Waals surface area (Å²) in [5, 5.41) is 27.2. The van der Waals surface area contributed by atoms with Gasteiger partial charge in [0.05, 0.1) is 16.1 Å². The number of aliphatic hydroxyl groups is 1. The summed E-state index contributed by atoms with van der Waals surface area (Å²) in [6.45, 7) is -0.0605. The van der Waals surface area contributed by atoms with Crippen LogP contribution in [0.1, 0.15) is 23.6 Å². The predicted octanol–water partition coefficient (Wildman–Crippen LogP) is 1.41. The third kappa shape index (κ3) is 2.69. The van der Waals surface area contributed by atoms with Crippen LogP contribution >= 0.6 is 15.9 Å². The van der Waals surface area contributed by atoms with Crippen LogP contribution in [0.5, 0.6) is 5.75 Å². The van der Waals surface area contributed by atoms with Gasteiger partial charge in [0, 0.05) is 18.2 Å². The molecule has 0 bridgehead atoms. The summed E-state index contributed by atoms with van der Waals surface area (Å²) in [7, 11) is 0. The van der Waals surface area contributed by atoms with Crippen molar-refractivity contribution in [2.45, 2.75) is 12.5 Å². The van der Waals surface area contributed by atoms with E-state index >= 15 is 0 Å². The average molecular weight is 271 g/mol.